The van der Waals surface area contributed by atoms with Crippen LogP contribution >= 0.6 is 0 Å². The SMILES string of the molecule is CC1CCC(NS(=O)(=O)c2ccccc2N)CC1. The summed E-state index contributed by atoms with van der Waals surface area (Å²) in [5.74, 6) is 0.701. The van der Waals surface area contributed by atoms with E-state index in [0.29, 0.717) is 11.6 Å². The van der Waals surface area contributed by atoms with Gasteiger partial charge in [-0.3, -0.25) is 0 Å². The second-order valence-corrected chi connectivity index (χ2v) is 6.80. The highest BCUT2D eigenvalue weighted by molar-refractivity contribution is 7.89. The van der Waals surface area contributed by atoms with Crippen molar-refractivity contribution in [3.05, 3.63) is 24.3 Å². The van der Waals surface area contributed by atoms with Crippen molar-refractivity contribution in [3.8, 4) is 0 Å². The van der Waals surface area contributed by atoms with Gasteiger partial charge in [-0.1, -0.05) is 19.1 Å². The average molecular weight is 268 g/mol. The molecule has 1 aliphatic rings. The van der Waals surface area contributed by atoms with Gasteiger partial charge in [0.1, 0.15) is 4.90 Å². The molecule has 1 saturated carbocycles. The second kappa shape index (κ2) is 5.28. The predicted octanol–water partition coefficient (Wildman–Crippen LogP) is 2.13. The molecule has 0 amide bonds. The Hall–Kier alpha value is -1.07. The first kappa shape index (κ1) is 13.4. The van der Waals surface area contributed by atoms with Crippen LogP contribution in [0.5, 0.6) is 0 Å². The van der Waals surface area contributed by atoms with Gasteiger partial charge in [-0.15, -0.1) is 0 Å². The molecule has 5 heteroatoms. The summed E-state index contributed by atoms with van der Waals surface area (Å²) in [7, 11) is -3.48. The Bertz CT molecular complexity index is 505. The lowest BCUT2D eigenvalue weighted by Crippen LogP contribution is -2.37. The van der Waals surface area contributed by atoms with Gasteiger partial charge in [0.15, 0.2) is 0 Å². The van der Waals surface area contributed by atoms with Gasteiger partial charge in [-0.25, -0.2) is 13.1 Å². The lowest BCUT2D eigenvalue weighted by Gasteiger charge is -2.26. The summed E-state index contributed by atoms with van der Waals surface area (Å²) in [6.07, 6.45) is 3.98. The van der Waals surface area contributed by atoms with Gasteiger partial charge in [0, 0.05) is 6.04 Å². The number of anilines is 1. The molecule has 1 aliphatic carbocycles. The van der Waals surface area contributed by atoms with Gasteiger partial charge in [0.25, 0.3) is 0 Å². The van der Waals surface area contributed by atoms with Crippen LogP contribution in [0.2, 0.25) is 0 Å². The lowest BCUT2D eigenvalue weighted by atomic mass is 9.88. The molecular weight excluding hydrogens is 248 g/mol. The molecule has 100 valence electrons. The van der Waals surface area contributed by atoms with Crippen LogP contribution in [0.25, 0.3) is 0 Å². The molecule has 0 bridgehead atoms. The Morgan fingerprint density at radius 3 is 2.39 bits per heavy atom. The van der Waals surface area contributed by atoms with Crippen LogP contribution in [0.3, 0.4) is 0 Å². The van der Waals surface area contributed by atoms with Gasteiger partial charge in [0.05, 0.1) is 5.69 Å². The molecule has 3 N–H and O–H groups in total. The number of nitrogens with two attached hydrogens (primary N) is 1. The van der Waals surface area contributed by atoms with Crippen molar-refractivity contribution in [3.63, 3.8) is 0 Å². The molecular formula is C13H20N2O2S. The molecule has 1 aromatic carbocycles. The number of para-hydroxylation sites is 1. The summed E-state index contributed by atoms with van der Waals surface area (Å²) in [6.45, 7) is 2.21. The number of sulfonamides is 1. The minimum atomic E-state index is -3.48. The zero-order chi connectivity index (χ0) is 13.2. The van der Waals surface area contributed by atoms with Crippen molar-refractivity contribution in [2.45, 2.75) is 43.5 Å². The van der Waals surface area contributed by atoms with Gasteiger partial charge in [0.2, 0.25) is 10.0 Å². The number of hydrogen-bond donors (Lipinski definition) is 2. The first-order valence-electron chi connectivity index (χ1n) is 6.36. The molecule has 0 spiro atoms. The quantitative estimate of drug-likeness (QED) is 0.825. The Kier molecular flexibility index (Phi) is 3.92. The van der Waals surface area contributed by atoms with Crippen LogP contribution in [-0.2, 0) is 10.0 Å². The van der Waals surface area contributed by atoms with E-state index < -0.39 is 10.0 Å². The fourth-order valence-corrected chi connectivity index (χ4v) is 3.82. The van der Waals surface area contributed by atoms with Gasteiger partial charge < -0.3 is 5.73 Å². The van der Waals surface area contributed by atoms with Crippen LogP contribution in [-0.4, -0.2) is 14.5 Å². The first-order valence-corrected chi connectivity index (χ1v) is 7.84. The van der Waals surface area contributed by atoms with Gasteiger partial charge in [-0.2, -0.15) is 0 Å². The minimum absolute atomic E-state index is 0.0470. The van der Waals surface area contributed by atoms with E-state index in [4.69, 9.17) is 5.73 Å². The second-order valence-electron chi connectivity index (χ2n) is 5.12. The summed E-state index contributed by atoms with van der Waals surface area (Å²) in [5.41, 5.74) is 6.01. The number of nitrogen functional groups attached to an aromatic ring is 1. The molecule has 0 aliphatic heterocycles. The van der Waals surface area contributed by atoms with Gasteiger partial charge >= 0.3 is 0 Å². The highest BCUT2D eigenvalue weighted by atomic mass is 32.2. The third-order valence-electron chi connectivity index (χ3n) is 3.55. The van der Waals surface area contributed by atoms with Crippen LogP contribution in [0.15, 0.2) is 29.2 Å². The van der Waals surface area contributed by atoms with Crippen molar-refractivity contribution in [2.75, 3.05) is 5.73 Å². The van der Waals surface area contributed by atoms with E-state index in [1.54, 1.807) is 24.3 Å². The molecule has 18 heavy (non-hydrogen) atoms. The van der Waals surface area contributed by atoms with E-state index in [-0.39, 0.29) is 10.9 Å². The number of rotatable bonds is 3. The number of nitrogens with one attached hydrogen (secondary N) is 1. The van der Waals surface area contributed by atoms with Crippen LogP contribution in [0.1, 0.15) is 32.6 Å². The summed E-state index contributed by atoms with van der Waals surface area (Å²) in [6, 6.07) is 6.62. The molecule has 2 rings (SSSR count). The fourth-order valence-electron chi connectivity index (χ4n) is 2.39. The molecule has 0 atom stereocenters. The van der Waals surface area contributed by atoms with Crippen molar-refractivity contribution < 1.29 is 8.42 Å². The Morgan fingerprint density at radius 2 is 1.78 bits per heavy atom. The molecule has 0 unspecified atom stereocenters. The maximum absolute atomic E-state index is 12.2. The van der Waals surface area contributed by atoms with E-state index in [1.165, 1.54) is 0 Å². The van der Waals surface area contributed by atoms with Gasteiger partial charge in [-0.05, 0) is 43.7 Å². The molecule has 1 aromatic rings. The molecule has 0 heterocycles. The number of benzene rings is 1. The van der Waals surface area contributed by atoms with E-state index in [1.807, 2.05) is 0 Å². The smallest absolute Gasteiger partial charge is 0.242 e. The van der Waals surface area contributed by atoms with E-state index in [0.717, 1.165) is 25.7 Å². The Balaban J connectivity index is 2.11. The fraction of sp³-hybridized carbons (Fsp3) is 0.538. The Morgan fingerprint density at radius 1 is 1.17 bits per heavy atom. The van der Waals surface area contributed by atoms with E-state index >= 15 is 0 Å². The molecule has 1 fully saturated rings. The lowest BCUT2D eigenvalue weighted by molar-refractivity contribution is 0.332. The Labute approximate surface area is 109 Å². The van der Waals surface area contributed by atoms with E-state index in [2.05, 4.69) is 11.6 Å². The topological polar surface area (TPSA) is 72.2 Å². The van der Waals surface area contributed by atoms with Crippen molar-refractivity contribution in [1.82, 2.24) is 4.72 Å². The molecule has 0 saturated heterocycles. The van der Waals surface area contributed by atoms with E-state index in [9.17, 15) is 8.42 Å². The maximum atomic E-state index is 12.2. The molecule has 0 aromatic heterocycles. The summed E-state index contributed by atoms with van der Waals surface area (Å²) < 4.78 is 27.2. The summed E-state index contributed by atoms with van der Waals surface area (Å²) in [5, 5.41) is 0. The molecule has 4 nitrogen and oxygen atoms in total. The summed E-state index contributed by atoms with van der Waals surface area (Å²) in [4.78, 5) is 0.184. The third kappa shape index (κ3) is 3.03. The largest absolute Gasteiger partial charge is 0.398 e. The third-order valence-corrected chi connectivity index (χ3v) is 5.14. The first-order chi connectivity index (χ1) is 8.49. The van der Waals surface area contributed by atoms with Crippen LogP contribution in [0, 0.1) is 5.92 Å². The predicted molar refractivity (Wildman–Crippen MR) is 72.6 cm³/mol. The highest BCUT2D eigenvalue weighted by Crippen LogP contribution is 2.25. The minimum Gasteiger partial charge on any atom is -0.398 e. The van der Waals surface area contributed by atoms with Crippen molar-refractivity contribution in [1.29, 1.82) is 0 Å². The maximum Gasteiger partial charge on any atom is 0.242 e. The highest BCUT2D eigenvalue weighted by Gasteiger charge is 2.25. The normalized spacial score (nSPS) is 24.9. The van der Waals surface area contributed by atoms with Crippen molar-refractivity contribution in [2.24, 2.45) is 5.92 Å². The van der Waals surface area contributed by atoms with Crippen molar-refractivity contribution >= 4 is 15.7 Å². The zero-order valence-corrected chi connectivity index (χ0v) is 11.4. The number of hydrogen-bond acceptors (Lipinski definition) is 3. The average Bonchev–Trinajstić information content (AvgIpc) is 2.32. The molecule has 0 radical (unpaired) electrons. The van der Waals surface area contributed by atoms with Crippen LogP contribution in [0.4, 0.5) is 5.69 Å². The summed E-state index contributed by atoms with van der Waals surface area (Å²) >= 11 is 0. The standard InChI is InChI=1S/C13H20N2O2S/c1-10-6-8-11(9-7-10)15-18(16,17)13-5-3-2-4-12(13)14/h2-5,10-11,15H,6-9,14H2,1H3. The zero-order valence-electron chi connectivity index (χ0n) is 10.6. The van der Waals surface area contributed by atoms with Crippen LogP contribution < -0.4 is 10.5 Å². The monoisotopic (exact) mass is 268 g/mol.